The van der Waals surface area contributed by atoms with Gasteiger partial charge in [-0.1, -0.05) is 113 Å². The standard InChI is InChI=1S/C38H56N4O2/c39-37(40)41-38(27-30-13-5-1-6-14-30,28-31-15-7-2-8-16-31)34(43)22-21-29-23-25-42(26-24-29)36(44)35(32-17-9-3-10-18-32)33-19-11-4-12-20-33/h3,9-11,17-20,29-31,35H,1-2,4-8,12-16,21-28H2,(H4,39,40,41). The SMILES string of the molecule is NC(N)=NC(CC1CCCCC1)(CC1CCCCC1)C(=O)CCC1CCN(C(=O)C(C2=CCCC=C2)c2ccccc2)CC1. The zero-order valence-electron chi connectivity index (χ0n) is 26.9. The maximum absolute atomic E-state index is 14.3. The zero-order chi connectivity index (χ0) is 30.8. The monoisotopic (exact) mass is 600 g/mol. The lowest BCUT2D eigenvalue weighted by atomic mass is 9.70. The summed E-state index contributed by atoms with van der Waals surface area (Å²) >= 11 is 0. The first-order chi connectivity index (χ1) is 21.4. The smallest absolute Gasteiger partial charge is 0.234 e. The summed E-state index contributed by atoms with van der Waals surface area (Å²) in [5.74, 6) is 1.77. The molecule has 0 spiro atoms. The second kappa shape index (κ2) is 15.9. The summed E-state index contributed by atoms with van der Waals surface area (Å²) in [4.78, 5) is 35.1. The number of hydrogen-bond acceptors (Lipinski definition) is 3. The molecule has 1 saturated heterocycles. The molecule has 1 atom stereocenters. The second-order valence-electron chi connectivity index (χ2n) is 14.2. The van der Waals surface area contributed by atoms with Gasteiger partial charge < -0.3 is 16.4 Å². The number of aliphatic imine (C=N–C) groups is 1. The molecule has 3 fully saturated rings. The summed E-state index contributed by atoms with van der Waals surface area (Å²) < 4.78 is 0. The van der Waals surface area contributed by atoms with Crippen molar-refractivity contribution >= 4 is 17.6 Å². The molecule has 4 N–H and O–H groups in total. The molecule has 2 saturated carbocycles. The first-order valence-electron chi connectivity index (χ1n) is 17.8. The Kier molecular flexibility index (Phi) is 11.7. The van der Waals surface area contributed by atoms with Crippen LogP contribution in [0, 0.1) is 17.8 Å². The highest BCUT2D eigenvalue weighted by molar-refractivity contribution is 5.91. The van der Waals surface area contributed by atoms with Gasteiger partial charge in [0.05, 0.1) is 5.92 Å². The molecular formula is C38H56N4O2. The first kappa shape index (κ1) is 32.5. The second-order valence-corrected chi connectivity index (χ2v) is 14.2. The molecule has 0 bridgehead atoms. The van der Waals surface area contributed by atoms with Gasteiger partial charge >= 0.3 is 0 Å². The summed E-state index contributed by atoms with van der Waals surface area (Å²) in [6.45, 7) is 1.50. The van der Waals surface area contributed by atoms with E-state index >= 15 is 0 Å². The molecule has 240 valence electrons. The summed E-state index contributed by atoms with van der Waals surface area (Å²) in [7, 11) is 0. The lowest BCUT2D eigenvalue weighted by molar-refractivity contribution is -0.133. The fraction of sp³-hybridized carbons (Fsp3) is 0.658. The van der Waals surface area contributed by atoms with Gasteiger partial charge in [0.15, 0.2) is 11.7 Å². The molecule has 1 heterocycles. The molecular weight excluding hydrogens is 544 g/mol. The van der Waals surface area contributed by atoms with Crippen molar-refractivity contribution in [3.05, 3.63) is 59.7 Å². The molecule has 1 unspecified atom stereocenters. The Bertz CT molecular complexity index is 1140. The van der Waals surface area contributed by atoms with Crippen LogP contribution in [0.5, 0.6) is 0 Å². The Morgan fingerprint density at radius 3 is 1.98 bits per heavy atom. The fourth-order valence-corrected chi connectivity index (χ4v) is 8.61. The third-order valence-electron chi connectivity index (χ3n) is 11.0. The van der Waals surface area contributed by atoms with Crippen LogP contribution in [-0.2, 0) is 9.59 Å². The van der Waals surface area contributed by atoms with E-state index in [1.807, 2.05) is 18.2 Å². The Balaban J connectivity index is 1.22. The van der Waals surface area contributed by atoms with E-state index in [2.05, 4.69) is 35.3 Å². The molecule has 5 rings (SSSR count). The van der Waals surface area contributed by atoms with E-state index in [9.17, 15) is 9.59 Å². The van der Waals surface area contributed by atoms with Crippen LogP contribution in [0.25, 0.3) is 0 Å². The van der Waals surface area contributed by atoms with Gasteiger partial charge in [-0.05, 0) is 73.8 Å². The van der Waals surface area contributed by atoms with Gasteiger partial charge in [-0.15, -0.1) is 0 Å². The van der Waals surface area contributed by atoms with E-state index in [1.165, 1.54) is 64.2 Å². The van der Waals surface area contributed by atoms with Crippen molar-refractivity contribution in [2.75, 3.05) is 13.1 Å². The van der Waals surface area contributed by atoms with Crippen LogP contribution >= 0.6 is 0 Å². The Labute approximate surface area is 265 Å². The summed E-state index contributed by atoms with van der Waals surface area (Å²) in [6, 6.07) is 10.2. The quantitative estimate of drug-likeness (QED) is 0.191. The first-order valence-corrected chi connectivity index (χ1v) is 17.8. The van der Waals surface area contributed by atoms with Crippen molar-refractivity contribution in [3.8, 4) is 0 Å². The molecule has 6 nitrogen and oxygen atoms in total. The maximum Gasteiger partial charge on any atom is 0.234 e. The van der Waals surface area contributed by atoms with Gasteiger partial charge in [0.2, 0.25) is 5.91 Å². The van der Waals surface area contributed by atoms with E-state index in [-0.39, 0.29) is 23.6 Å². The third-order valence-corrected chi connectivity index (χ3v) is 11.0. The number of piperidine rings is 1. The van der Waals surface area contributed by atoms with E-state index < -0.39 is 5.54 Å². The topological polar surface area (TPSA) is 102 Å². The number of rotatable bonds is 12. The van der Waals surface area contributed by atoms with Crippen molar-refractivity contribution in [1.82, 2.24) is 4.90 Å². The molecule has 0 radical (unpaired) electrons. The van der Waals surface area contributed by atoms with E-state index in [0.29, 0.717) is 24.2 Å². The van der Waals surface area contributed by atoms with Crippen LogP contribution in [0.15, 0.2) is 59.1 Å². The van der Waals surface area contributed by atoms with E-state index in [1.54, 1.807) is 0 Å². The van der Waals surface area contributed by atoms with Gasteiger partial charge in [0, 0.05) is 19.5 Å². The minimum absolute atomic E-state index is 0.0627. The Morgan fingerprint density at radius 2 is 1.43 bits per heavy atom. The number of nitrogens with two attached hydrogens (primary N) is 2. The van der Waals surface area contributed by atoms with Crippen LogP contribution in [0.3, 0.4) is 0 Å². The maximum atomic E-state index is 14.3. The number of carbonyl (C=O) groups excluding carboxylic acids is 2. The molecule has 1 aliphatic heterocycles. The number of allylic oxidation sites excluding steroid dienone is 3. The van der Waals surface area contributed by atoms with Crippen molar-refractivity contribution in [3.63, 3.8) is 0 Å². The Hall–Kier alpha value is -2.89. The highest BCUT2D eigenvalue weighted by atomic mass is 16.2. The highest BCUT2D eigenvalue weighted by Crippen LogP contribution is 2.41. The molecule has 3 aliphatic carbocycles. The fourth-order valence-electron chi connectivity index (χ4n) is 8.61. The number of likely N-dealkylation sites (tertiary alicyclic amines) is 1. The van der Waals surface area contributed by atoms with E-state index in [0.717, 1.165) is 69.2 Å². The van der Waals surface area contributed by atoms with Crippen LogP contribution < -0.4 is 11.5 Å². The highest BCUT2D eigenvalue weighted by Gasteiger charge is 2.42. The number of guanidine groups is 1. The minimum Gasteiger partial charge on any atom is -0.370 e. The minimum atomic E-state index is -0.774. The average Bonchev–Trinajstić information content (AvgIpc) is 3.05. The molecule has 1 aromatic rings. The van der Waals surface area contributed by atoms with Crippen LogP contribution in [0.2, 0.25) is 0 Å². The predicted octanol–water partition coefficient (Wildman–Crippen LogP) is 7.59. The number of hydrogen-bond donors (Lipinski definition) is 2. The third kappa shape index (κ3) is 8.63. The van der Waals surface area contributed by atoms with Crippen molar-refractivity contribution in [1.29, 1.82) is 0 Å². The van der Waals surface area contributed by atoms with Gasteiger partial charge in [0.1, 0.15) is 5.54 Å². The van der Waals surface area contributed by atoms with Gasteiger partial charge in [-0.2, -0.15) is 0 Å². The number of amides is 1. The van der Waals surface area contributed by atoms with Gasteiger partial charge in [-0.25, -0.2) is 4.99 Å². The summed E-state index contributed by atoms with van der Waals surface area (Å²) in [5.41, 5.74) is 13.5. The molecule has 0 aromatic heterocycles. The van der Waals surface area contributed by atoms with E-state index in [4.69, 9.17) is 16.5 Å². The normalized spacial score (nSPS) is 21.5. The van der Waals surface area contributed by atoms with Gasteiger partial charge in [0.25, 0.3) is 0 Å². The number of carbonyl (C=O) groups is 2. The number of benzene rings is 1. The van der Waals surface area contributed by atoms with Crippen LogP contribution in [0.1, 0.15) is 127 Å². The molecule has 4 aliphatic rings. The Morgan fingerprint density at radius 1 is 0.818 bits per heavy atom. The molecule has 6 heteroatoms. The number of Topliss-reactive ketones (excluding diaryl/α,β-unsaturated/α-hetero) is 1. The summed E-state index contributed by atoms with van der Waals surface area (Å²) in [6.07, 6.45) is 25.8. The number of ketones is 1. The lowest BCUT2D eigenvalue weighted by Gasteiger charge is -2.38. The molecule has 1 aromatic carbocycles. The predicted molar refractivity (Wildman–Crippen MR) is 180 cm³/mol. The van der Waals surface area contributed by atoms with Crippen LogP contribution in [0.4, 0.5) is 0 Å². The van der Waals surface area contributed by atoms with Crippen LogP contribution in [-0.4, -0.2) is 41.2 Å². The molecule has 44 heavy (non-hydrogen) atoms. The van der Waals surface area contributed by atoms with Crippen molar-refractivity contribution in [2.45, 2.75) is 127 Å². The zero-order valence-corrected chi connectivity index (χ0v) is 26.9. The van der Waals surface area contributed by atoms with Gasteiger partial charge in [-0.3, -0.25) is 9.59 Å². The number of nitrogens with zero attached hydrogens (tertiary/aromatic N) is 2. The van der Waals surface area contributed by atoms with Crippen molar-refractivity contribution < 1.29 is 9.59 Å². The lowest BCUT2D eigenvalue weighted by Crippen LogP contribution is -2.45. The average molecular weight is 601 g/mol. The largest absolute Gasteiger partial charge is 0.370 e. The van der Waals surface area contributed by atoms with Crippen molar-refractivity contribution in [2.24, 2.45) is 34.2 Å². The summed E-state index contributed by atoms with van der Waals surface area (Å²) in [5, 5.41) is 0. The molecule has 1 amide bonds.